The standard InChI is InChI=1S/C8H11N7O5/c9-3-1-11-15(7(19)12-3)6-4(17)5(18)8(2-16,20-6)13-14-10/h1,4-6,16-18H,2H2,(H2,9,12,19). The Hall–Kier alpha value is -2.24. The fourth-order valence-electron chi connectivity index (χ4n) is 1.82. The van der Waals surface area contributed by atoms with E-state index in [-0.39, 0.29) is 5.82 Å². The van der Waals surface area contributed by atoms with Crippen molar-refractivity contribution in [3.63, 3.8) is 0 Å². The van der Waals surface area contributed by atoms with Crippen LogP contribution < -0.4 is 11.4 Å². The molecule has 1 aromatic rings. The molecule has 0 aromatic carbocycles. The molecule has 20 heavy (non-hydrogen) atoms. The predicted octanol–water partition coefficient (Wildman–Crippen LogP) is -2.53. The Morgan fingerprint density at radius 1 is 1.65 bits per heavy atom. The highest BCUT2D eigenvalue weighted by Gasteiger charge is 2.55. The number of ether oxygens (including phenoxy) is 1. The molecule has 1 aromatic heterocycles. The number of aromatic nitrogens is 3. The number of nitrogens with two attached hydrogens (primary N) is 1. The van der Waals surface area contributed by atoms with Crippen molar-refractivity contribution in [1.82, 2.24) is 14.8 Å². The van der Waals surface area contributed by atoms with Crippen molar-refractivity contribution in [2.24, 2.45) is 5.11 Å². The van der Waals surface area contributed by atoms with E-state index in [4.69, 9.17) is 16.0 Å². The molecule has 1 saturated heterocycles. The van der Waals surface area contributed by atoms with Crippen LogP contribution >= 0.6 is 0 Å². The number of aliphatic hydroxyl groups excluding tert-OH is 3. The Bertz CT molecular complexity index is 613. The third-order valence-electron chi connectivity index (χ3n) is 2.82. The highest BCUT2D eigenvalue weighted by atomic mass is 16.6. The number of hydrogen-bond donors (Lipinski definition) is 4. The Kier molecular flexibility index (Phi) is 3.57. The molecule has 1 aliphatic heterocycles. The number of rotatable bonds is 3. The van der Waals surface area contributed by atoms with Crippen LogP contribution in [0.5, 0.6) is 0 Å². The zero-order valence-corrected chi connectivity index (χ0v) is 9.94. The molecule has 4 unspecified atom stereocenters. The normalized spacial score (nSPS) is 32.9. The van der Waals surface area contributed by atoms with Crippen LogP contribution in [0.15, 0.2) is 16.1 Å². The van der Waals surface area contributed by atoms with Gasteiger partial charge in [-0.15, -0.1) is 0 Å². The zero-order chi connectivity index (χ0) is 14.9. The van der Waals surface area contributed by atoms with E-state index in [2.05, 4.69) is 20.1 Å². The highest BCUT2D eigenvalue weighted by molar-refractivity contribution is 5.19. The van der Waals surface area contributed by atoms with Gasteiger partial charge in [0.1, 0.15) is 18.0 Å². The monoisotopic (exact) mass is 285 g/mol. The third-order valence-corrected chi connectivity index (χ3v) is 2.82. The van der Waals surface area contributed by atoms with E-state index in [1.165, 1.54) is 0 Å². The van der Waals surface area contributed by atoms with Crippen LogP contribution in [0.2, 0.25) is 0 Å². The number of anilines is 1. The van der Waals surface area contributed by atoms with Gasteiger partial charge in [-0.1, -0.05) is 5.11 Å². The maximum absolute atomic E-state index is 11.6. The van der Waals surface area contributed by atoms with Gasteiger partial charge in [-0.2, -0.15) is 14.8 Å². The summed E-state index contributed by atoms with van der Waals surface area (Å²) in [7, 11) is 0. The summed E-state index contributed by atoms with van der Waals surface area (Å²) in [5, 5.41) is 35.7. The molecule has 1 aliphatic rings. The lowest BCUT2D eigenvalue weighted by Crippen LogP contribution is -2.44. The summed E-state index contributed by atoms with van der Waals surface area (Å²) in [6.07, 6.45) is -3.86. The maximum atomic E-state index is 11.6. The van der Waals surface area contributed by atoms with Gasteiger partial charge in [0.25, 0.3) is 0 Å². The predicted molar refractivity (Wildman–Crippen MR) is 61.8 cm³/mol. The van der Waals surface area contributed by atoms with Gasteiger partial charge in [0.2, 0.25) is 5.72 Å². The lowest BCUT2D eigenvalue weighted by Gasteiger charge is -2.23. The summed E-state index contributed by atoms with van der Waals surface area (Å²) >= 11 is 0. The van der Waals surface area contributed by atoms with E-state index in [0.717, 1.165) is 6.20 Å². The summed E-state index contributed by atoms with van der Waals surface area (Å²) in [5.41, 5.74) is 10.7. The number of hydrogen-bond acceptors (Lipinski definition) is 9. The highest BCUT2D eigenvalue weighted by Crippen LogP contribution is 2.37. The molecule has 0 amide bonds. The fourth-order valence-corrected chi connectivity index (χ4v) is 1.82. The van der Waals surface area contributed by atoms with Gasteiger partial charge in [0, 0.05) is 4.91 Å². The third kappa shape index (κ3) is 2.07. The summed E-state index contributed by atoms with van der Waals surface area (Å²) in [6, 6.07) is 0. The van der Waals surface area contributed by atoms with Crippen LogP contribution in [0, 0.1) is 0 Å². The van der Waals surface area contributed by atoms with Gasteiger partial charge in [-0.25, -0.2) is 4.79 Å². The number of nitrogens with zero attached hydrogens (tertiary/aromatic N) is 6. The van der Waals surface area contributed by atoms with Crippen molar-refractivity contribution in [2.75, 3.05) is 12.3 Å². The van der Waals surface area contributed by atoms with Crippen molar-refractivity contribution in [2.45, 2.75) is 24.2 Å². The van der Waals surface area contributed by atoms with E-state index in [0.29, 0.717) is 4.68 Å². The van der Waals surface area contributed by atoms with Crippen LogP contribution in [-0.2, 0) is 4.74 Å². The van der Waals surface area contributed by atoms with Crippen LogP contribution in [0.1, 0.15) is 6.23 Å². The molecule has 12 nitrogen and oxygen atoms in total. The van der Waals surface area contributed by atoms with Crippen molar-refractivity contribution >= 4 is 5.82 Å². The summed E-state index contributed by atoms with van der Waals surface area (Å²) in [6.45, 7) is -0.900. The molecular formula is C8H11N7O5. The average Bonchev–Trinajstić information content (AvgIpc) is 2.65. The van der Waals surface area contributed by atoms with E-state index >= 15 is 0 Å². The van der Waals surface area contributed by atoms with Gasteiger partial charge in [0.05, 0.1) is 12.8 Å². The van der Waals surface area contributed by atoms with Crippen LogP contribution in [-0.4, -0.2) is 54.6 Å². The van der Waals surface area contributed by atoms with Gasteiger partial charge in [-0.3, -0.25) is 0 Å². The minimum Gasteiger partial charge on any atom is -0.393 e. The van der Waals surface area contributed by atoms with Crippen molar-refractivity contribution in [3.8, 4) is 0 Å². The van der Waals surface area contributed by atoms with Crippen LogP contribution in [0.3, 0.4) is 0 Å². The van der Waals surface area contributed by atoms with Crippen molar-refractivity contribution in [3.05, 3.63) is 27.1 Å². The summed E-state index contributed by atoms with van der Waals surface area (Å²) < 4.78 is 5.74. The van der Waals surface area contributed by atoms with Gasteiger partial charge in [0.15, 0.2) is 6.23 Å². The molecule has 12 heteroatoms. The van der Waals surface area contributed by atoms with E-state index < -0.39 is 36.5 Å². The quantitative estimate of drug-likeness (QED) is 0.265. The van der Waals surface area contributed by atoms with E-state index in [1.807, 2.05) is 0 Å². The minimum atomic E-state index is -2.11. The molecule has 108 valence electrons. The largest absolute Gasteiger partial charge is 0.393 e. The zero-order valence-electron chi connectivity index (χ0n) is 9.94. The second-order valence-electron chi connectivity index (χ2n) is 4.04. The van der Waals surface area contributed by atoms with E-state index in [1.54, 1.807) is 0 Å². The van der Waals surface area contributed by atoms with Crippen LogP contribution in [0.4, 0.5) is 5.82 Å². The first-order valence-electron chi connectivity index (χ1n) is 5.37. The molecule has 4 atom stereocenters. The number of aliphatic hydroxyl groups is 3. The maximum Gasteiger partial charge on any atom is 0.368 e. The lowest BCUT2D eigenvalue weighted by molar-refractivity contribution is -0.128. The molecule has 2 rings (SSSR count). The summed E-state index contributed by atoms with van der Waals surface area (Å²) in [5.74, 6) is -0.136. The smallest absolute Gasteiger partial charge is 0.368 e. The van der Waals surface area contributed by atoms with Crippen LogP contribution in [0.25, 0.3) is 10.4 Å². The van der Waals surface area contributed by atoms with Crippen molar-refractivity contribution < 1.29 is 20.1 Å². The van der Waals surface area contributed by atoms with Crippen molar-refractivity contribution in [1.29, 1.82) is 0 Å². The number of azide groups is 1. The molecule has 0 bridgehead atoms. The van der Waals surface area contributed by atoms with Gasteiger partial charge >= 0.3 is 5.69 Å². The molecule has 0 spiro atoms. The second kappa shape index (κ2) is 5.03. The fraction of sp³-hybridized carbons (Fsp3) is 0.625. The van der Waals surface area contributed by atoms with Gasteiger partial charge in [-0.05, 0) is 5.53 Å². The first-order valence-corrected chi connectivity index (χ1v) is 5.37. The SMILES string of the molecule is [N-]=[N+]=NC1(CO)OC(n2ncc(N)nc2=O)C(O)C1O. The Labute approximate surface area is 110 Å². The average molecular weight is 285 g/mol. The van der Waals surface area contributed by atoms with E-state index in [9.17, 15) is 20.1 Å². The summed E-state index contributed by atoms with van der Waals surface area (Å²) in [4.78, 5) is 17.4. The first kappa shape index (κ1) is 14.2. The van der Waals surface area contributed by atoms with Gasteiger partial charge < -0.3 is 25.8 Å². The molecule has 2 heterocycles. The Morgan fingerprint density at radius 3 is 2.90 bits per heavy atom. The second-order valence-corrected chi connectivity index (χ2v) is 4.04. The Morgan fingerprint density at radius 2 is 2.35 bits per heavy atom. The molecule has 5 N–H and O–H groups in total. The minimum absolute atomic E-state index is 0.136. The molecule has 0 radical (unpaired) electrons. The topological polar surface area (TPSA) is 192 Å². The molecule has 0 aliphatic carbocycles. The number of nitrogen functional groups attached to an aromatic ring is 1. The Balaban J connectivity index is 2.45. The first-order chi connectivity index (χ1) is 9.45. The molecule has 1 fully saturated rings. The molecular weight excluding hydrogens is 274 g/mol. The lowest BCUT2D eigenvalue weighted by atomic mass is 10.1. The molecule has 0 saturated carbocycles.